The first kappa shape index (κ1) is 17.7. The smallest absolute Gasteiger partial charge is 0.0641 e. The first-order valence-electron chi connectivity index (χ1n) is 8.36. The normalized spacial score (nSPS) is 11.7. The molecule has 0 bridgehead atoms. The lowest BCUT2D eigenvalue weighted by Gasteiger charge is -2.21. The zero-order chi connectivity index (χ0) is 17.0. The molecule has 0 saturated heterocycles. The van der Waals surface area contributed by atoms with Crippen LogP contribution in [0.1, 0.15) is 41.9 Å². The summed E-state index contributed by atoms with van der Waals surface area (Å²) >= 11 is 0. The second-order valence-electron chi connectivity index (χ2n) is 6.71. The van der Waals surface area contributed by atoms with E-state index in [1.807, 2.05) is 11.7 Å². The summed E-state index contributed by atoms with van der Waals surface area (Å²) in [6.07, 6.45) is 0. The number of nitrogens with one attached hydrogen (secondary N) is 1. The zero-order valence-electron chi connectivity index (χ0n) is 15.3. The molecule has 0 radical (unpaired) electrons. The van der Waals surface area contributed by atoms with Crippen molar-refractivity contribution < 1.29 is 0 Å². The number of aromatic nitrogens is 2. The molecule has 1 heterocycles. The Kier molecular flexibility index (Phi) is 5.97. The Labute approximate surface area is 140 Å². The Morgan fingerprint density at radius 1 is 1.17 bits per heavy atom. The summed E-state index contributed by atoms with van der Waals surface area (Å²) in [7, 11) is 4.17. The topological polar surface area (TPSA) is 33.1 Å². The predicted octanol–water partition coefficient (Wildman–Crippen LogP) is 3.17. The minimum Gasteiger partial charge on any atom is -0.308 e. The van der Waals surface area contributed by atoms with Crippen LogP contribution in [0.2, 0.25) is 0 Å². The van der Waals surface area contributed by atoms with Gasteiger partial charge in [0.05, 0.1) is 5.69 Å². The van der Waals surface area contributed by atoms with E-state index in [-0.39, 0.29) is 0 Å². The van der Waals surface area contributed by atoms with Crippen LogP contribution in [0.25, 0.3) is 0 Å². The molecular weight excluding hydrogens is 284 g/mol. The van der Waals surface area contributed by atoms with Crippen molar-refractivity contribution in [3.05, 3.63) is 52.3 Å². The highest BCUT2D eigenvalue weighted by atomic mass is 15.3. The first-order valence-corrected chi connectivity index (χ1v) is 8.36. The molecule has 23 heavy (non-hydrogen) atoms. The van der Waals surface area contributed by atoms with Gasteiger partial charge in [0.15, 0.2) is 0 Å². The third kappa shape index (κ3) is 4.66. The Balaban J connectivity index is 1.93. The fraction of sp³-hybridized carbons (Fsp3) is 0.526. The molecule has 0 aliphatic heterocycles. The van der Waals surface area contributed by atoms with Crippen LogP contribution in [0, 0.1) is 13.8 Å². The summed E-state index contributed by atoms with van der Waals surface area (Å²) in [4.78, 5) is 2.36. The van der Waals surface area contributed by atoms with Gasteiger partial charge in [0.2, 0.25) is 0 Å². The van der Waals surface area contributed by atoms with E-state index in [4.69, 9.17) is 0 Å². The van der Waals surface area contributed by atoms with Crippen molar-refractivity contribution >= 4 is 0 Å². The van der Waals surface area contributed by atoms with Gasteiger partial charge >= 0.3 is 0 Å². The van der Waals surface area contributed by atoms with E-state index in [2.05, 4.69) is 74.3 Å². The molecule has 0 atom stereocenters. The fourth-order valence-corrected chi connectivity index (χ4v) is 2.71. The molecule has 0 saturated carbocycles. The van der Waals surface area contributed by atoms with Gasteiger partial charge < -0.3 is 5.32 Å². The van der Waals surface area contributed by atoms with Gasteiger partial charge in [-0.25, -0.2) is 0 Å². The lowest BCUT2D eigenvalue weighted by atomic mass is 10.1. The van der Waals surface area contributed by atoms with Crippen LogP contribution in [0.5, 0.6) is 0 Å². The van der Waals surface area contributed by atoms with E-state index < -0.39 is 0 Å². The summed E-state index contributed by atoms with van der Waals surface area (Å²) in [6.45, 7) is 11.4. The number of nitrogens with zero attached hydrogens (tertiary/aromatic N) is 3. The van der Waals surface area contributed by atoms with Crippen LogP contribution >= 0.6 is 0 Å². The zero-order valence-corrected chi connectivity index (χ0v) is 15.3. The highest BCUT2D eigenvalue weighted by molar-refractivity contribution is 5.25. The van der Waals surface area contributed by atoms with Crippen LogP contribution < -0.4 is 5.32 Å². The van der Waals surface area contributed by atoms with E-state index >= 15 is 0 Å². The molecule has 0 amide bonds. The van der Waals surface area contributed by atoms with Crippen LogP contribution in [-0.4, -0.2) is 27.8 Å². The molecule has 1 aromatic carbocycles. The largest absolute Gasteiger partial charge is 0.308 e. The highest BCUT2D eigenvalue weighted by Gasteiger charge is 2.09. The van der Waals surface area contributed by atoms with Gasteiger partial charge in [-0.3, -0.25) is 9.58 Å². The van der Waals surface area contributed by atoms with Gasteiger partial charge in [-0.15, -0.1) is 0 Å². The molecule has 1 N–H and O–H groups in total. The highest BCUT2D eigenvalue weighted by Crippen LogP contribution is 2.13. The van der Waals surface area contributed by atoms with Crippen LogP contribution in [0.3, 0.4) is 0 Å². The maximum atomic E-state index is 4.47. The Hall–Kier alpha value is -1.65. The molecule has 0 aliphatic rings. The molecule has 126 valence electrons. The number of benzene rings is 1. The van der Waals surface area contributed by atoms with E-state index in [9.17, 15) is 0 Å². The van der Waals surface area contributed by atoms with Crippen LogP contribution in [-0.2, 0) is 26.7 Å². The molecule has 4 nitrogen and oxygen atoms in total. The van der Waals surface area contributed by atoms with Crippen LogP contribution in [0.4, 0.5) is 0 Å². The van der Waals surface area contributed by atoms with E-state index in [1.165, 1.54) is 22.4 Å². The third-order valence-electron chi connectivity index (χ3n) is 4.59. The summed E-state index contributed by atoms with van der Waals surface area (Å²) in [6, 6.07) is 9.41. The Morgan fingerprint density at radius 2 is 1.87 bits per heavy atom. The summed E-state index contributed by atoms with van der Waals surface area (Å²) in [5.41, 5.74) is 6.36. The van der Waals surface area contributed by atoms with Gasteiger partial charge in [-0.2, -0.15) is 5.10 Å². The van der Waals surface area contributed by atoms with Gasteiger partial charge in [0, 0.05) is 44.0 Å². The van der Waals surface area contributed by atoms with E-state index in [1.54, 1.807) is 0 Å². The second kappa shape index (κ2) is 7.75. The van der Waals surface area contributed by atoms with Crippen molar-refractivity contribution in [1.82, 2.24) is 20.0 Å². The Morgan fingerprint density at radius 3 is 2.48 bits per heavy atom. The second-order valence-corrected chi connectivity index (χ2v) is 6.71. The lowest BCUT2D eigenvalue weighted by molar-refractivity contribution is 0.266. The maximum Gasteiger partial charge on any atom is 0.0641 e. The maximum absolute atomic E-state index is 4.47. The summed E-state index contributed by atoms with van der Waals surface area (Å²) in [5, 5.41) is 8.02. The monoisotopic (exact) mass is 314 g/mol. The van der Waals surface area contributed by atoms with Gasteiger partial charge in [-0.1, -0.05) is 24.3 Å². The van der Waals surface area contributed by atoms with Crippen molar-refractivity contribution in [1.29, 1.82) is 0 Å². The van der Waals surface area contributed by atoms with Crippen LogP contribution in [0.15, 0.2) is 24.3 Å². The van der Waals surface area contributed by atoms with E-state index in [0.717, 1.165) is 25.3 Å². The Bertz CT molecular complexity index is 643. The van der Waals surface area contributed by atoms with Gasteiger partial charge in [-0.05, 0) is 45.9 Å². The summed E-state index contributed by atoms with van der Waals surface area (Å²) < 4.78 is 1.95. The predicted molar refractivity (Wildman–Crippen MR) is 96.3 cm³/mol. The molecule has 1 aromatic heterocycles. The fourth-order valence-electron chi connectivity index (χ4n) is 2.71. The molecule has 0 unspecified atom stereocenters. The van der Waals surface area contributed by atoms with Crippen molar-refractivity contribution in [2.24, 2.45) is 7.05 Å². The average molecular weight is 314 g/mol. The number of hydrogen-bond donors (Lipinski definition) is 1. The van der Waals surface area contributed by atoms with Crippen molar-refractivity contribution in [2.75, 3.05) is 7.05 Å². The molecule has 0 spiro atoms. The number of hydrogen-bond acceptors (Lipinski definition) is 3. The third-order valence-corrected chi connectivity index (χ3v) is 4.59. The number of rotatable bonds is 7. The van der Waals surface area contributed by atoms with E-state index in [0.29, 0.717) is 6.04 Å². The van der Waals surface area contributed by atoms with Crippen molar-refractivity contribution in [2.45, 2.75) is 53.4 Å². The van der Waals surface area contributed by atoms with Gasteiger partial charge in [0.1, 0.15) is 0 Å². The molecule has 4 heteroatoms. The molecule has 0 aliphatic carbocycles. The average Bonchev–Trinajstić information content (AvgIpc) is 2.73. The minimum absolute atomic E-state index is 0.563. The lowest BCUT2D eigenvalue weighted by Crippen LogP contribution is -2.25. The minimum atomic E-state index is 0.563. The molecule has 0 fully saturated rings. The van der Waals surface area contributed by atoms with Crippen molar-refractivity contribution in [3.63, 3.8) is 0 Å². The van der Waals surface area contributed by atoms with Gasteiger partial charge in [0.25, 0.3) is 0 Å². The SMILES string of the molecule is Cc1nn(C)c(C)c1CNCc1cccc(CN(C)C(C)C)c1. The van der Waals surface area contributed by atoms with Crippen molar-refractivity contribution in [3.8, 4) is 0 Å². The molecular formula is C19H30N4. The quantitative estimate of drug-likeness (QED) is 0.852. The number of aryl methyl sites for hydroxylation is 2. The molecule has 2 rings (SSSR count). The first-order chi connectivity index (χ1) is 10.9. The molecule has 2 aromatic rings. The standard InChI is InChI=1S/C19H30N4/c1-14(2)22(5)13-18-9-7-8-17(10-18)11-20-12-19-15(3)21-23(6)16(19)4/h7-10,14,20H,11-13H2,1-6H3. The summed E-state index contributed by atoms with van der Waals surface area (Å²) in [5.74, 6) is 0.